The van der Waals surface area contributed by atoms with Gasteiger partial charge in [-0.2, -0.15) is 0 Å². The maximum atomic E-state index is 13.5. The molecule has 4 rings (SSSR count). The van der Waals surface area contributed by atoms with Crippen LogP contribution in [0.1, 0.15) is 55.1 Å². The molecule has 1 heterocycles. The summed E-state index contributed by atoms with van der Waals surface area (Å²) in [6.45, 7) is 4.32. The average molecular weight is 579 g/mol. The van der Waals surface area contributed by atoms with Gasteiger partial charge in [-0.1, -0.05) is 48.9 Å². The molecule has 9 heteroatoms. The van der Waals surface area contributed by atoms with E-state index in [9.17, 15) is 9.59 Å². The van der Waals surface area contributed by atoms with Gasteiger partial charge in [-0.15, -0.1) is 0 Å². The van der Waals surface area contributed by atoms with Gasteiger partial charge in [0, 0.05) is 37.1 Å². The van der Waals surface area contributed by atoms with E-state index in [1.807, 2.05) is 56.6 Å². The number of rotatable bonds is 12. The minimum Gasteiger partial charge on any atom is -0.492 e. The highest BCUT2D eigenvalue weighted by molar-refractivity contribution is 6.32. The Bertz CT molecular complexity index is 1360. The maximum Gasteiger partial charge on any atom is 0.295 e. The SMILES string of the molecule is CC1CCC(NC(=O)c2ccc(-c3ccccc3CN)c(-c3ccc(Cl)c(OCCCN(C)C)c3)n2)(OC=O)CC1. The fourth-order valence-corrected chi connectivity index (χ4v) is 5.34. The van der Waals surface area contributed by atoms with Crippen molar-refractivity contribution < 1.29 is 19.1 Å². The van der Waals surface area contributed by atoms with Crippen molar-refractivity contribution in [2.75, 3.05) is 27.2 Å². The molecular formula is C32H39ClN4O4. The van der Waals surface area contributed by atoms with E-state index in [4.69, 9.17) is 31.8 Å². The van der Waals surface area contributed by atoms with Crippen molar-refractivity contribution in [2.24, 2.45) is 11.7 Å². The smallest absolute Gasteiger partial charge is 0.295 e. The molecule has 1 saturated carbocycles. The highest BCUT2D eigenvalue weighted by Crippen LogP contribution is 2.37. The molecule has 3 N–H and O–H groups in total. The van der Waals surface area contributed by atoms with E-state index in [2.05, 4.69) is 17.1 Å². The minimum atomic E-state index is -1.04. The van der Waals surface area contributed by atoms with Crippen LogP contribution in [0.2, 0.25) is 5.02 Å². The van der Waals surface area contributed by atoms with Crippen molar-refractivity contribution in [2.45, 2.75) is 51.3 Å². The van der Waals surface area contributed by atoms with Crippen LogP contribution in [0.15, 0.2) is 54.6 Å². The van der Waals surface area contributed by atoms with Gasteiger partial charge in [0.1, 0.15) is 11.4 Å². The van der Waals surface area contributed by atoms with E-state index in [1.54, 1.807) is 12.1 Å². The zero-order chi connectivity index (χ0) is 29.4. The number of hydrogen-bond donors (Lipinski definition) is 2. The molecule has 1 aliphatic carbocycles. The number of carbonyl (C=O) groups excluding carboxylic acids is 2. The van der Waals surface area contributed by atoms with Crippen LogP contribution in [0.25, 0.3) is 22.4 Å². The van der Waals surface area contributed by atoms with E-state index in [-0.39, 0.29) is 5.69 Å². The van der Waals surface area contributed by atoms with Crippen molar-refractivity contribution in [3.63, 3.8) is 0 Å². The van der Waals surface area contributed by atoms with E-state index >= 15 is 0 Å². The Kier molecular flexibility index (Phi) is 10.4. The lowest BCUT2D eigenvalue weighted by Gasteiger charge is -2.38. The van der Waals surface area contributed by atoms with Crippen LogP contribution >= 0.6 is 11.6 Å². The van der Waals surface area contributed by atoms with Gasteiger partial charge in [0.25, 0.3) is 12.4 Å². The zero-order valence-electron chi connectivity index (χ0n) is 24.0. The second-order valence-corrected chi connectivity index (χ2v) is 11.4. The van der Waals surface area contributed by atoms with Gasteiger partial charge in [0.2, 0.25) is 0 Å². The molecule has 1 aromatic heterocycles. The first kappa shape index (κ1) is 30.5. The topological polar surface area (TPSA) is 107 Å². The molecule has 0 unspecified atom stereocenters. The molecule has 1 aliphatic rings. The number of nitrogens with one attached hydrogen (secondary N) is 1. The lowest BCUT2D eigenvalue weighted by molar-refractivity contribution is -0.151. The van der Waals surface area contributed by atoms with Crippen molar-refractivity contribution in [1.29, 1.82) is 0 Å². The Morgan fingerprint density at radius 2 is 1.90 bits per heavy atom. The summed E-state index contributed by atoms with van der Waals surface area (Å²) in [6, 6.07) is 16.9. The Morgan fingerprint density at radius 1 is 1.15 bits per heavy atom. The molecule has 0 radical (unpaired) electrons. The summed E-state index contributed by atoms with van der Waals surface area (Å²) in [6.07, 6.45) is 3.66. The van der Waals surface area contributed by atoms with Crippen molar-refractivity contribution >= 4 is 24.0 Å². The van der Waals surface area contributed by atoms with Gasteiger partial charge < -0.3 is 25.4 Å². The highest BCUT2D eigenvalue weighted by atomic mass is 35.5. The summed E-state index contributed by atoms with van der Waals surface area (Å²) in [5.74, 6) is 0.647. The minimum absolute atomic E-state index is 0.213. The Hall–Kier alpha value is -3.46. The monoisotopic (exact) mass is 578 g/mol. The van der Waals surface area contributed by atoms with E-state index in [0.717, 1.165) is 48.1 Å². The molecule has 0 spiro atoms. The van der Waals surface area contributed by atoms with Crippen LogP contribution in [0.5, 0.6) is 5.75 Å². The summed E-state index contributed by atoms with van der Waals surface area (Å²) in [7, 11) is 4.04. The summed E-state index contributed by atoms with van der Waals surface area (Å²) in [5.41, 5.74) is 9.31. The largest absolute Gasteiger partial charge is 0.492 e. The van der Waals surface area contributed by atoms with Crippen molar-refractivity contribution in [3.8, 4) is 28.1 Å². The van der Waals surface area contributed by atoms with Gasteiger partial charge >= 0.3 is 0 Å². The number of halogens is 1. The summed E-state index contributed by atoms with van der Waals surface area (Å²) < 4.78 is 11.5. The number of nitrogens with two attached hydrogens (primary N) is 1. The molecule has 1 amide bonds. The number of ether oxygens (including phenoxy) is 2. The second-order valence-electron chi connectivity index (χ2n) is 10.9. The average Bonchev–Trinajstić information content (AvgIpc) is 2.97. The predicted octanol–water partition coefficient (Wildman–Crippen LogP) is 5.67. The normalized spacial score (nSPS) is 18.6. The molecular weight excluding hydrogens is 540 g/mol. The summed E-state index contributed by atoms with van der Waals surface area (Å²) in [5, 5.41) is 3.47. The number of hydrogen-bond acceptors (Lipinski definition) is 7. The first-order valence-electron chi connectivity index (χ1n) is 14.1. The highest BCUT2D eigenvalue weighted by Gasteiger charge is 2.38. The van der Waals surface area contributed by atoms with Gasteiger partial charge in [-0.25, -0.2) is 4.98 Å². The first-order valence-corrected chi connectivity index (χ1v) is 14.4. The van der Waals surface area contributed by atoms with Gasteiger partial charge in [-0.05, 0) is 74.7 Å². The second kappa shape index (κ2) is 13.9. The molecule has 0 saturated heterocycles. The number of aromatic nitrogens is 1. The Balaban J connectivity index is 1.73. The zero-order valence-corrected chi connectivity index (χ0v) is 24.7. The van der Waals surface area contributed by atoms with Gasteiger partial charge in [-0.3, -0.25) is 9.59 Å². The Labute approximate surface area is 247 Å². The molecule has 8 nitrogen and oxygen atoms in total. The van der Waals surface area contributed by atoms with Crippen molar-refractivity contribution in [1.82, 2.24) is 15.2 Å². The number of carbonyl (C=O) groups is 2. The number of nitrogens with zero attached hydrogens (tertiary/aromatic N) is 2. The molecule has 0 atom stereocenters. The number of amides is 1. The van der Waals surface area contributed by atoms with Crippen LogP contribution < -0.4 is 15.8 Å². The lowest BCUT2D eigenvalue weighted by atomic mass is 9.84. The quantitative estimate of drug-likeness (QED) is 0.162. The maximum absolute atomic E-state index is 13.5. The van der Waals surface area contributed by atoms with Crippen LogP contribution in [-0.4, -0.2) is 55.2 Å². The molecule has 41 heavy (non-hydrogen) atoms. The summed E-state index contributed by atoms with van der Waals surface area (Å²) in [4.78, 5) is 31.8. The van der Waals surface area contributed by atoms with Crippen LogP contribution in [0, 0.1) is 5.92 Å². The van der Waals surface area contributed by atoms with Gasteiger partial charge in [0.05, 0.1) is 17.3 Å². The van der Waals surface area contributed by atoms with Crippen LogP contribution in [-0.2, 0) is 16.1 Å². The van der Waals surface area contributed by atoms with E-state index in [0.29, 0.717) is 54.8 Å². The number of benzene rings is 2. The molecule has 2 aromatic carbocycles. The molecule has 3 aromatic rings. The molecule has 1 fully saturated rings. The van der Waals surface area contributed by atoms with E-state index in [1.165, 1.54) is 0 Å². The van der Waals surface area contributed by atoms with Gasteiger partial charge in [0.15, 0.2) is 5.72 Å². The van der Waals surface area contributed by atoms with Crippen LogP contribution in [0.3, 0.4) is 0 Å². The standard InChI is InChI=1S/C32H39ClN4O4/c1-22-13-15-32(16-14-22,41-21-38)36-31(39)28-12-10-26(25-8-5-4-7-24(25)20-34)30(35-28)23-9-11-27(33)29(19-23)40-18-6-17-37(2)3/h4-5,7-12,19,21-22H,6,13-18,20,34H2,1-3H3,(H,36,39). The third-order valence-electron chi connectivity index (χ3n) is 7.56. The van der Waals surface area contributed by atoms with Crippen LogP contribution in [0.4, 0.5) is 0 Å². The third-order valence-corrected chi connectivity index (χ3v) is 7.88. The molecule has 0 bridgehead atoms. The first-order chi connectivity index (χ1) is 19.7. The summed E-state index contributed by atoms with van der Waals surface area (Å²) >= 11 is 6.50. The van der Waals surface area contributed by atoms with Crippen molar-refractivity contribution in [3.05, 3.63) is 70.9 Å². The predicted molar refractivity (Wildman–Crippen MR) is 162 cm³/mol. The number of pyridine rings is 1. The lowest BCUT2D eigenvalue weighted by Crippen LogP contribution is -2.52. The third kappa shape index (κ3) is 7.64. The molecule has 218 valence electrons. The molecule has 0 aliphatic heterocycles. The fourth-order valence-electron chi connectivity index (χ4n) is 5.17. The van der Waals surface area contributed by atoms with E-state index < -0.39 is 11.6 Å². The Morgan fingerprint density at radius 3 is 2.61 bits per heavy atom. The fraction of sp³-hybridized carbons (Fsp3) is 0.406.